The number of hydrogen-bond acceptors (Lipinski definition) is 7. The third-order valence-electron chi connectivity index (χ3n) is 5.03. The summed E-state index contributed by atoms with van der Waals surface area (Å²) in [6.45, 7) is 5.99. The van der Waals surface area contributed by atoms with E-state index in [1.165, 1.54) is 0 Å². The predicted octanol–water partition coefficient (Wildman–Crippen LogP) is 2.63. The van der Waals surface area contributed by atoms with Gasteiger partial charge in [-0.05, 0) is 35.9 Å². The first kappa shape index (κ1) is 23.5. The molecule has 170 valence electrons. The van der Waals surface area contributed by atoms with Gasteiger partial charge in [-0.2, -0.15) is 5.10 Å². The normalized spacial score (nSPS) is 13.8. The van der Waals surface area contributed by atoms with Gasteiger partial charge < -0.3 is 20.5 Å². The molecule has 1 aliphatic rings. The average Bonchev–Trinajstić information content (AvgIpc) is 2.82. The van der Waals surface area contributed by atoms with Crippen LogP contribution < -0.4 is 16.2 Å². The molecule has 0 spiro atoms. The zero-order valence-electron chi connectivity index (χ0n) is 17.5. The highest BCUT2D eigenvalue weighted by molar-refractivity contribution is 6.34. The molecule has 9 nitrogen and oxygen atoms in total. The smallest absolute Gasteiger partial charge is 0.290 e. The molecular weight excluding hydrogens is 434 g/mol. The first-order valence-corrected chi connectivity index (χ1v) is 10.6. The van der Waals surface area contributed by atoms with Crippen molar-refractivity contribution in [3.05, 3.63) is 63.5 Å². The second-order valence-electron chi connectivity index (χ2n) is 7.14. The fraction of sp³-hybridized carbons (Fsp3) is 0.318. The molecular formula is C22H26ClN5O4. The van der Waals surface area contributed by atoms with E-state index in [0.717, 1.165) is 56.3 Å². The van der Waals surface area contributed by atoms with Gasteiger partial charge in [-0.1, -0.05) is 23.7 Å². The van der Waals surface area contributed by atoms with Gasteiger partial charge in [-0.15, -0.1) is 0 Å². The average molecular weight is 460 g/mol. The second-order valence-corrected chi connectivity index (χ2v) is 7.50. The van der Waals surface area contributed by atoms with Crippen LogP contribution in [0.2, 0.25) is 5.15 Å². The number of aromatic amines is 1. The van der Waals surface area contributed by atoms with Crippen molar-refractivity contribution in [2.75, 3.05) is 50.0 Å². The number of nitrogens with one attached hydrogen (secondary N) is 3. The molecule has 1 aromatic heterocycles. The van der Waals surface area contributed by atoms with Crippen molar-refractivity contribution >= 4 is 40.2 Å². The molecule has 1 fully saturated rings. The van der Waals surface area contributed by atoms with E-state index < -0.39 is 0 Å². The van der Waals surface area contributed by atoms with Gasteiger partial charge in [0.2, 0.25) is 0 Å². The van der Waals surface area contributed by atoms with Crippen LogP contribution in [0.15, 0.2) is 47.3 Å². The summed E-state index contributed by atoms with van der Waals surface area (Å²) in [6.07, 6.45) is 0. The molecule has 4 N–H and O–H groups in total. The Balaban J connectivity index is 0.000000913. The standard InChI is InChI=1S/C21H24ClN5O2.CH2O2/c22-20-19-13-17(4-5-18(19)21(28)26-25-20)24-14-15-2-1-3-16(12-15)23-6-7-27-8-10-29-11-9-27;2-1-3/h1-5,12-13,23-24H,6-11,14H2,(H,26,28);1H,(H,2,3). The third-order valence-corrected chi connectivity index (χ3v) is 5.31. The van der Waals surface area contributed by atoms with Crippen LogP contribution in [-0.2, 0) is 16.1 Å². The van der Waals surface area contributed by atoms with Gasteiger partial charge in [-0.25, -0.2) is 5.10 Å². The quantitative estimate of drug-likeness (QED) is 0.398. The predicted molar refractivity (Wildman–Crippen MR) is 126 cm³/mol. The largest absolute Gasteiger partial charge is 0.483 e. The highest BCUT2D eigenvalue weighted by Crippen LogP contribution is 2.22. The van der Waals surface area contributed by atoms with E-state index in [9.17, 15) is 4.79 Å². The molecule has 0 saturated carbocycles. The number of fused-ring (bicyclic) bond motifs is 1. The number of carbonyl (C=O) groups is 1. The van der Waals surface area contributed by atoms with Crippen LogP contribution in [0.5, 0.6) is 0 Å². The highest BCUT2D eigenvalue weighted by atomic mass is 35.5. The van der Waals surface area contributed by atoms with Crippen LogP contribution >= 0.6 is 11.6 Å². The van der Waals surface area contributed by atoms with Crippen LogP contribution in [0.3, 0.4) is 0 Å². The maximum Gasteiger partial charge on any atom is 0.290 e. The Morgan fingerprint density at radius 3 is 2.66 bits per heavy atom. The summed E-state index contributed by atoms with van der Waals surface area (Å²) in [6, 6.07) is 13.8. The molecule has 32 heavy (non-hydrogen) atoms. The first-order chi connectivity index (χ1) is 15.6. The molecule has 0 radical (unpaired) electrons. The first-order valence-electron chi connectivity index (χ1n) is 10.2. The summed E-state index contributed by atoms with van der Waals surface area (Å²) >= 11 is 6.12. The Morgan fingerprint density at radius 1 is 1.12 bits per heavy atom. The summed E-state index contributed by atoms with van der Waals surface area (Å²) in [7, 11) is 0. The Kier molecular flexibility index (Phi) is 8.85. The van der Waals surface area contributed by atoms with Crippen molar-refractivity contribution in [2.45, 2.75) is 6.54 Å². The lowest BCUT2D eigenvalue weighted by Gasteiger charge is -2.26. The van der Waals surface area contributed by atoms with Crippen molar-refractivity contribution in [3.63, 3.8) is 0 Å². The summed E-state index contributed by atoms with van der Waals surface area (Å²) < 4.78 is 5.38. The summed E-state index contributed by atoms with van der Waals surface area (Å²) in [5, 5.41) is 21.4. The Labute approximate surface area is 190 Å². The maximum atomic E-state index is 11.8. The Morgan fingerprint density at radius 2 is 1.88 bits per heavy atom. The number of ether oxygens (including phenoxy) is 1. The van der Waals surface area contributed by atoms with Gasteiger partial charge in [0, 0.05) is 49.5 Å². The third kappa shape index (κ3) is 6.68. The van der Waals surface area contributed by atoms with E-state index in [4.69, 9.17) is 26.2 Å². The maximum absolute atomic E-state index is 11.8. The van der Waals surface area contributed by atoms with Crippen LogP contribution in [0.25, 0.3) is 10.8 Å². The number of aromatic nitrogens is 2. The van der Waals surface area contributed by atoms with Crippen LogP contribution in [-0.4, -0.2) is 66.1 Å². The van der Waals surface area contributed by atoms with Crippen molar-refractivity contribution in [1.82, 2.24) is 15.1 Å². The van der Waals surface area contributed by atoms with E-state index in [-0.39, 0.29) is 17.2 Å². The van der Waals surface area contributed by atoms with Crippen LogP contribution in [0.4, 0.5) is 11.4 Å². The lowest BCUT2D eigenvalue weighted by atomic mass is 10.1. The summed E-state index contributed by atoms with van der Waals surface area (Å²) in [5.41, 5.74) is 2.91. The SMILES string of the molecule is O=CO.O=c1[nH]nc(Cl)c2cc(NCc3cccc(NCCN4CCOCC4)c3)ccc12. The molecule has 0 bridgehead atoms. The zero-order valence-corrected chi connectivity index (χ0v) is 18.3. The van der Waals surface area contributed by atoms with Crippen molar-refractivity contribution < 1.29 is 14.6 Å². The molecule has 0 unspecified atom stereocenters. The monoisotopic (exact) mass is 459 g/mol. The van der Waals surface area contributed by atoms with Crippen molar-refractivity contribution in [3.8, 4) is 0 Å². The number of morpholine rings is 1. The van der Waals surface area contributed by atoms with Gasteiger partial charge in [-0.3, -0.25) is 14.5 Å². The molecule has 0 atom stereocenters. The number of benzene rings is 2. The Hall–Kier alpha value is -3.14. The number of carboxylic acid groups (broad SMARTS) is 1. The molecule has 10 heteroatoms. The highest BCUT2D eigenvalue weighted by Gasteiger charge is 2.09. The van der Waals surface area contributed by atoms with Crippen LogP contribution in [0.1, 0.15) is 5.56 Å². The van der Waals surface area contributed by atoms with Gasteiger partial charge in [0.05, 0.1) is 18.6 Å². The summed E-state index contributed by atoms with van der Waals surface area (Å²) in [4.78, 5) is 22.6. The summed E-state index contributed by atoms with van der Waals surface area (Å²) in [5.74, 6) is 0. The fourth-order valence-corrected chi connectivity index (χ4v) is 3.62. The molecule has 4 rings (SSSR count). The molecule has 1 saturated heterocycles. The van der Waals surface area contributed by atoms with Crippen molar-refractivity contribution in [1.29, 1.82) is 0 Å². The minimum atomic E-state index is -0.250. The van der Waals surface area contributed by atoms with E-state index in [1.54, 1.807) is 6.07 Å². The van der Waals surface area contributed by atoms with Gasteiger partial charge >= 0.3 is 0 Å². The molecule has 1 aliphatic heterocycles. The number of hydrogen-bond donors (Lipinski definition) is 4. The lowest BCUT2D eigenvalue weighted by molar-refractivity contribution is -0.122. The molecule has 2 aromatic carbocycles. The fourth-order valence-electron chi connectivity index (χ4n) is 3.42. The molecule has 0 amide bonds. The lowest BCUT2D eigenvalue weighted by Crippen LogP contribution is -2.39. The van der Waals surface area contributed by atoms with Gasteiger partial charge in [0.1, 0.15) is 0 Å². The van der Waals surface area contributed by atoms with Gasteiger partial charge in [0.15, 0.2) is 5.15 Å². The Bertz CT molecular complexity index is 1090. The number of halogens is 1. The molecule has 3 aromatic rings. The molecule has 0 aliphatic carbocycles. The van der Waals surface area contributed by atoms with Gasteiger partial charge in [0.25, 0.3) is 12.0 Å². The number of H-pyrrole nitrogens is 1. The minimum Gasteiger partial charge on any atom is -0.483 e. The van der Waals surface area contributed by atoms with E-state index in [1.807, 2.05) is 12.1 Å². The van der Waals surface area contributed by atoms with Crippen LogP contribution in [0, 0.1) is 0 Å². The van der Waals surface area contributed by atoms with E-state index in [0.29, 0.717) is 17.3 Å². The topological polar surface area (TPSA) is 120 Å². The number of nitrogens with zero attached hydrogens (tertiary/aromatic N) is 2. The van der Waals surface area contributed by atoms with E-state index >= 15 is 0 Å². The van der Waals surface area contributed by atoms with Crippen molar-refractivity contribution in [2.24, 2.45) is 0 Å². The van der Waals surface area contributed by atoms with E-state index in [2.05, 4.69) is 50.0 Å². The molecule has 2 heterocycles. The number of anilines is 2. The minimum absolute atomic E-state index is 0.244. The zero-order chi connectivity index (χ0) is 22.8. The number of rotatable bonds is 7. The second kappa shape index (κ2) is 12.0.